The van der Waals surface area contributed by atoms with Crippen LogP contribution in [0, 0.1) is 18.3 Å². The fourth-order valence-corrected chi connectivity index (χ4v) is 2.39. The zero-order valence-electron chi connectivity index (χ0n) is 12.8. The number of nitriles is 1. The molecule has 0 aliphatic heterocycles. The molecule has 0 fully saturated rings. The summed E-state index contributed by atoms with van der Waals surface area (Å²) in [6.07, 6.45) is 0. The number of furan rings is 1. The number of rotatable bonds is 3. The molecule has 0 bridgehead atoms. The first kappa shape index (κ1) is 14.7. The summed E-state index contributed by atoms with van der Waals surface area (Å²) < 4.78 is 10.9. The summed E-state index contributed by atoms with van der Waals surface area (Å²) in [7, 11) is 1.61. The Kier molecular flexibility index (Phi) is 3.73. The van der Waals surface area contributed by atoms with E-state index in [0.717, 1.165) is 17.1 Å². The summed E-state index contributed by atoms with van der Waals surface area (Å²) in [5.41, 5.74) is 8.43. The van der Waals surface area contributed by atoms with Crippen LogP contribution in [0.3, 0.4) is 0 Å². The van der Waals surface area contributed by atoms with Gasteiger partial charge in [0.15, 0.2) is 0 Å². The summed E-state index contributed by atoms with van der Waals surface area (Å²) >= 11 is 0. The fourth-order valence-electron chi connectivity index (χ4n) is 2.39. The SMILES string of the molecule is COc1cccc(-c2cc(-c3ccc(C)o3)c(C#N)c(N)n2)c1. The molecule has 0 unspecified atom stereocenters. The molecule has 23 heavy (non-hydrogen) atoms. The van der Waals surface area contributed by atoms with Gasteiger partial charge in [-0.15, -0.1) is 0 Å². The molecule has 2 heterocycles. The van der Waals surface area contributed by atoms with E-state index in [4.69, 9.17) is 14.9 Å². The Hall–Kier alpha value is -3.26. The van der Waals surface area contributed by atoms with Gasteiger partial charge in [-0.2, -0.15) is 5.26 Å². The molecule has 0 aliphatic carbocycles. The minimum absolute atomic E-state index is 0.178. The van der Waals surface area contributed by atoms with E-state index in [2.05, 4.69) is 11.1 Å². The largest absolute Gasteiger partial charge is 0.497 e. The number of benzene rings is 1. The van der Waals surface area contributed by atoms with Gasteiger partial charge in [-0.3, -0.25) is 0 Å². The Morgan fingerprint density at radius 3 is 2.70 bits per heavy atom. The standard InChI is InChI=1S/C18H15N3O2/c1-11-6-7-17(23-11)14-9-16(21-18(20)15(14)10-19)12-4-3-5-13(8-12)22-2/h3-9H,1-2H3,(H2,20,21). The molecule has 0 radical (unpaired) electrons. The Balaban J connectivity index is 2.20. The molecular weight excluding hydrogens is 290 g/mol. The first-order chi connectivity index (χ1) is 11.1. The van der Waals surface area contributed by atoms with Crippen molar-refractivity contribution in [3.63, 3.8) is 0 Å². The van der Waals surface area contributed by atoms with Gasteiger partial charge in [0.25, 0.3) is 0 Å². The van der Waals surface area contributed by atoms with Gasteiger partial charge < -0.3 is 14.9 Å². The number of nitrogens with zero attached hydrogens (tertiary/aromatic N) is 2. The van der Waals surface area contributed by atoms with Crippen molar-refractivity contribution in [3.8, 4) is 34.4 Å². The van der Waals surface area contributed by atoms with E-state index in [9.17, 15) is 5.26 Å². The lowest BCUT2D eigenvalue weighted by Crippen LogP contribution is -1.99. The van der Waals surface area contributed by atoms with Gasteiger partial charge in [0.2, 0.25) is 0 Å². The highest BCUT2D eigenvalue weighted by Crippen LogP contribution is 2.33. The molecule has 2 aromatic heterocycles. The maximum absolute atomic E-state index is 9.38. The minimum Gasteiger partial charge on any atom is -0.497 e. The van der Waals surface area contributed by atoms with Crippen LogP contribution in [0.1, 0.15) is 11.3 Å². The number of hydrogen-bond acceptors (Lipinski definition) is 5. The van der Waals surface area contributed by atoms with Crippen molar-refractivity contribution in [2.24, 2.45) is 0 Å². The number of anilines is 1. The van der Waals surface area contributed by atoms with Crippen molar-refractivity contribution in [3.05, 3.63) is 53.8 Å². The number of methoxy groups -OCH3 is 1. The van der Waals surface area contributed by atoms with E-state index < -0.39 is 0 Å². The molecule has 1 aromatic carbocycles. The van der Waals surface area contributed by atoms with Gasteiger partial charge in [0.1, 0.15) is 34.7 Å². The first-order valence-electron chi connectivity index (χ1n) is 7.04. The highest BCUT2D eigenvalue weighted by atomic mass is 16.5. The Bertz CT molecular complexity index is 907. The predicted molar refractivity (Wildman–Crippen MR) is 87.8 cm³/mol. The van der Waals surface area contributed by atoms with Crippen LogP contribution in [-0.4, -0.2) is 12.1 Å². The topological polar surface area (TPSA) is 85.1 Å². The van der Waals surface area contributed by atoms with E-state index in [1.807, 2.05) is 49.4 Å². The predicted octanol–water partition coefficient (Wildman–Crippen LogP) is 3.78. The van der Waals surface area contributed by atoms with Crippen molar-refractivity contribution in [1.29, 1.82) is 5.26 Å². The van der Waals surface area contributed by atoms with Crippen molar-refractivity contribution in [2.45, 2.75) is 6.92 Å². The second-order valence-electron chi connectivity index (χ2n) is 5.07. The van der Waals surface area contributed by atoms with Crippen molar-refractivity contribution < 1.29 is 9.15 Å². The highest BCUT2D eigenvalue weighted by molar-refractivity contribution is 5.78. The number of aromatic nitrogens is 1. The molecular formula is C18H15N3O2. The quantitative estimate of drug-likeness (QED) is 0.796. The van der Waals surface area contributed by atoms with Crippen LogP contribution in [0.15, 0.2) is 46.9 Å². The first-order valence-corrected chi connectivity index (χ1v) is 7.04. The van der Waals surface area contributed by atoms with Crippen molar-refractivity contribution in [1.82, 2.24) is 4.98 Å². The second kappa shape index (κ2) is 5.85. The van der Waals surface area contributed by atoms with E-state index in [0.29, 0.717) is 22.6 Å². The Labute approximate surface area is 134 Å². The van der Waals surface area contributed by atoms with Gasteiger partial charge in [-0.1, -0.05) is 12.1 Å². The number of ether oxygens (including phenoxy) is 1. The molecule has 0 atom stereocenters. The lowest BCUT2D eigenvalue weighted by Gasteiger charge is -2.09. The number of aryl methyl sites for hydroxylation is 1. The average Bonchev–Trinajstić information content (AvgIpc) is 3.00. The zero-order valence-corrected chi connectivity index (χ0v) is 12.8. The molecule has 0 amide bonds. The lowest BCUT2D eigenvalue weighted by atomic mass is 10.0. The third-order valence-corrected chi connectivity index (χ3v) is 3.53. The van der Waals surface area contributed by atoms with Gasteiger partial charge in [0.05, 0.1) is 12.8 Å². The number of hydrogen-bond donors (Lipinski definition) is 1. The zero-order chi connectivity index (χ0) is 16.4. The second-order valence-corrected chi connectivity index (χ2v) is 5.07. The van der Waals surface area contributed by atoms with E-state index in [1.165, 1.54) is 0 Å². The molecule has 3 aromatic rings. The Morgan fingerprint density at radius 1 is 1.22 bits per heavy atom. The number of nitrogens with two attached hydrogens (primary N) is 1. The summed E-state index contributed by atoms with van der Waals surface area (Å²) in [5.74, 6) is 2.26. The van der Waals surface area contributed by atoms with Crippen molar-refractivity contribution in [2.75, 3.05) is 12.8 Å². The summed E-state index contributed by atoms with van der Waals surface area (Å²) in [4.78, 5) is 4.34. The number of pyridine rings is 1. The highest BCUT2D eigenvalue weighted by Gasteiger charge is 2.16. The third kappa shape index (κ3) is 2.74. The van der Waals surface area contributed by atoms with Crippen LogP contribution in [0.4, 0.5) is 5.82 Å². The molecule has 2 N–H and O–H groups in total. The molecule has 5 heteroatoms. The van der Waals surface area contributed by atoms with Crippen LogP contribution in [0.25, 0.3) is 22.6 Å². The molecule has 0 spiro atoms. The molecule has 3 rings (SSSR count). The van der Waals surface area contributed by atoms with E-state index in [1.54, 1.807) is 7.11 Å². The lowest BCUT2D eigenvalue weighted by molar-refractivity contribution is 0.415. The fraction of sp³-hybridized carbons (Fsp3) is 0.111. The van der Waals surface area contributed by atoms with Crippen molar-refractivity contribution >= 4 is 5.82 Å². The summed E-state index contributed by atoms with van der Waals surface area (Å²) in [6.45, 7) is 1.85. The monoisotopic (exact) mass is 305 g/mol. The average molecular weight is 305 g/mol. The molecule has 114 valence electrons. The van der Waals surface area contributed by atoms with E-state index >= 15 is 0 Å². The molecule has 0 saturated heterocycles. The van der Waals surface area contributed by atoms with Gasteiger partial charge in [-0.05, 0) is 37.3 Å². The summed E-state index contributed by atoms with van der Waals surface area (Å²) in [6, 6.07) is 15.1. The molecule has 0 aliphatic rings. The van der Waals surface area contributed by atoms with Gasteiger partial charge in [-0.25, -0.2) is 4.98 Å². The van der Waals surface area contributed by atoms with Crippen LogP contribution in [-0.2, 0) is 0 Å². The molecule has 5 nitrogen and oxygen atoms in total. The Morgan fingerprint density at radius 2 is 2.04 bits per heavy atom. The minimum atomic E-state index is 0.178. The maximum atomic E-state index is 9.38. The molecule has 0 saturated carbocycles. The van der Waals surface area contributed by atoms with Crippen LogP contribution >= 0.6 is 0 Å². The van der Waals surface area contributed by atoms with E-state index in [-0.39, 0.29) is 5.82 Å². The normalized spacial score (nSPS) is 10.3. The smallest absolute Gasteiger partial charge is 0.142 e. The van der Waals surface area contributed by atoms with Crippen LogP contribution in [0.2, 0.25) is 0 Å². The van der Waals surface area contributed by atoms with Gasteiger partial charge in [0, 0.05) is 11.1 Å². The summed E-state index contributed by atoms with van der Waals surface area (Å²) in [5, 5.41) is 9.38. The van der Waals surface area contributed by atoms with Crippen LogP contribution in [0.5, 0.6) is 5.75 Å². The van der Waals surface area contributed by atoms with Crippen LogP contribution < -0.4 is 10.5 Å². The van der Waals surface area contributed by atoms with Gasteiger partial charge >= 0.3 is 0 Å². The number of nitrogen functional groups attached to an aromatic ring is 1. The maximum Gasteiger partial charge on any atom is 0.142 e. The third-order valence-electron chi connectivity index (χ3n) is 3.53.